The SMILES string of the molecule is CNC(c1cc(Cl)cc(Cl)c1)c1ccc(Br)s1. The van der Waals surface area contributed by atoms with Crippen LogP contribution in [-0.4, -0.2) is 7.05 Å². The first-order valence-electron chi connectivity index (χ1n) is 4.98. The van der Waals surface area contributed by atoms with Gasteiger partial charge in [-0.3, -0.25) is 0 Å². The van der Waals surface area contributed by atoms with Crippen LogP contribution in [0.4, 0.5) is 0 Å². The third-order valence-electron chi connectivity index (χ3n) is 2.39. The molecule has 5 heteroatoms. The van der Waals surface area contributed by atoms with Crippen molar-refractivity contribution in [1.29, 1.82) is 0 Å². The Morgan fingerprint density at radius 3 is 2.29 bits per heavy atom. The Morgan fingerprint density at radius 2 is 1.82 bits per heavy atom. The minimum atomic E-state index is 0.113. The molecule has 1 aromatic carbocycles. The Morgan fingerprint density at radius 1 is 1.18 bits per heavy atom. The van der Waals surface area contributed by atoms with Gasteiger partial charge >= 0.3 is 0 Å². The van der Waals surface area contributed by atoms with Crippen LogP contribution in [0.25, 0.3) is 0 Å². The maximum atomic E-state index is 6.03. The molecular weight excluding hydrogens is 341 g/mol. The van der Waals surface area contributed by atoms with Crippen molar-refractivity contribution in [2.75, 3.05) is 7.05 Å². The van der Waals surface area contributed by atoms with E-state index in [1.54, 1.807) is 17.4 Å². The van der Waals surface area contributed by atoms with Crippen molar-refractivity contribution in [1.82, 2.24) is 5.32 Å². The third kappa shape index (κ3) is 3.24. The van der Waals surface area contributed by atoms with Gasteiger partial charge in [0.05, 0.1) is 9.83 Å². The van der Waals surface area contributed by atoms with Crippen molar-refractivity contribution in [2.45, 2.75) is 6.04 Å². The Balaban J connectivity index is 2.41. The average molecular weight is 351 g/mol. The van der Waals surface area contributed by atoms with Gasteiger partial charge in [0.2, 0.25) is 0 Å². The predicted molar refractivity (Wildman–Crippen MR) is 79.4 cm³/mol. The summed E-state index contributed by atoms with van der Waals surface area (Å²) in [5.41, 5.74) is 1.07. The summed E-state index contributed by atoms with van der Waals surface area (Å²) >= 11 is 17.2. The number of nitrogens with one attached hydrogen (secondary N) is 1. The molecule has 0 saturated carbocycles. The Hall–Kier alpha value is -0.0600. The van der Waals surface area contributed by atoms with Gasteiger partial charge in [-0.2, -0.15) is 0 Å². The number of thiophene rings is 1. The van der Waals surface area contributed by atoms with E-state index in [4.69, 9.17) is 23.2 Å². The zero-order valence-electron chi connectivity index (χ0n) is 9.01. The molecule has 0 bridgehead atoms. The van der Waals surface area contributed by atoms with Gasteiger partial charge in [-0.15, -0.1) is 11.3 Å². The van der Waals surface area contributed by atoms with Crippen LogP contribution in [-0.2, 0) is 0 Å². The second-order valence-corrected chi connectivity index (χ2v) is 6.93. The van der Waals surface area contributed by atoms with Gasteiger partial charge in [0.1, 0.15) is 0 Å². The van der Waals surface area contributed by atoms with Crippen LogP contribution in [0, 0.1) is 0 Å². The smallest absolute Gasteiger partial charge is 0.0702 e. The second-order valence-electron chi connectivity index (χ2n) is 3.57. The van der Waals surface area contributed by atoms with E-state index in [-0.39, 0.29) is 6.04 Å². The quantitative estimate of drug-likeness (QED) is 0.809. The molecule has 1 unspecified atom stereocenters. The standard InChI is InChI=1S/C12H10BrCl2NS/c1-16-12(10-2-3-11(13)17-10)7-4-8(14)6-9(15)5-7/h2-6,12,16H,1H3. The highest BCUT2D eigenvalue weighted by atomic mass is 79.9. The maximum Gasteiger partial charge on any atom is 0.0702 e. The van der Waals surface area contributed by atoms with Crippen LogP contribution in [0.5, 0.6) is 0 Å². The first-order valence-corrected chi connectivity index (χ1v) is 7.35. The number of rotatable bonds is 3. The van der Waals surface area contributed by atoms with Crippen molar-refractivity contribution < 1.29 is 0 Å². The van der Waals surface area contributed by atoms with Crippen molar-refractivity contribution in [3.63, 3.8) is 0 Å². The maximum absolute atomic E-state index is 6.03. The van der Waals surface area contributed by atoms with E-state index in [1.807, 2.05) is 25.2 Å². The fraction of sp³-hybridized carbons (Fsp3) is 0.167. The molecule has 0 saturated heterocycles. The van der Waals surface area contributed by atoms with Gasteiger partial charge < -0.3 is 5.32 Å². The fourth-order valence-electron chi connectivity index (χ4n) is 1.70. The molecule has 0 amide bonds. The van der Waals surface area contributed by atoms with Gasteiger partial charge in [0.15, 0.2) is 0 Å². The number of hydrogen-bond acceptors (Lipinski definition) is 2. The van der Waals surface area contributed by atoms with Gasteiger partial charge in [0, 0.05) is 14.9 Å². The van der Waals surface area contributed by atoms with Gasteiger partial charge in [-0.05, 0) is 58.9 Å². The molecule has 1 atom stereocenters. The predicted octanol–water partition coefficient (Wildman–Crippen LogP) is 5.13. The molecule has 0 aliphatic heterocycles. The van der Waals surface area contributed by atoms with Crippen molar-refractivity contribution in [3.8, 4) is 0 Å². The zero-order valence-corrected chi connectivity index (χ0v) is 12.9. The van der Waals surface area contributed by atoms with Crippen LogP contribution < -0.4 is 5.32 Å². The molecule has 90 valence electrons. The molecule has 0 aliphatic rings. The van der Waals surface area contributed by atoms with Crippen LogP contribution in [0.1, 0.15) is 16.5 Å². The van der Waals surface area contributed by atoms with Crippen LogP contribution in [0.15, 0.2) is 34.1 Å². The summed E-state index contributed by atoms with van der Waals surface area (Å²) in [6.07, 6.45) is 0. The molecular formula is C12H10BrCl2NS. The highest BCUT2D eigenvalue weighted by Gasteiger charge is 2.15. The van der Waals surface area contributed by atoms with Crippen LogP contribution in [0.3, 0.4) is 0 Å². The first-order chi connectivity index (χ1) is 8.10. The average Bonchev–Trinajstić information content (AvgIpc) is 2.64. The molecule has 1 aromatic heterocycles. The number of benzene rings is 1. The van der Waals surface area contributed by atoms with E-state index >= 15 is 0 Å². The largest absolute Gasteiger partial charge is 0.309 e. The molecule has 2 aromatic rings. The first kappa shape index (κ1) is 13.4. The molecule has 0 fully saturated rings. The Kier molecular flexibility index (Phi) is 4.50. The van der Waals surface area contributed by atoms with Gasteiger partial charge in [-0.25, -0.2) is 0 Å². The molecule has 17 heavy (non-hydrogen) atoms. The van der Waals surface area contributed by atoms with E-state index in [0.717, 1.165) is 9.35 Å². The lowest BCUT2D eigenvalue weighted by Crippen LogP contribution is -2.16. The molecule has 0 spiro atoms. The zero-order chi connectivity index (χ0) is 12.4. The van der Waals surface area contributed by atoms with Gasteiger partial charge in [0.25, 0.3) is 0 Å². The molecule has 1 N–H and O–H groups in total. The fourth-order valence-corrected chi connectivity index (χ4v) is 3.80. The normalized spacial score (nSPS) is 12.7. The summed E-state index contributed by atoms with van der Waals surface area (Å²) in [4.78, 5) is 1.22. The summed E-state index contributed by atoms with van der Waals surface area (Å²) in [5.74, 6) is 0. The highest BCUT2D eigenvalue weighted by molar-refractivity contribution is 9.11. The molecule has 1 heterocycles. The minimum absolute atomic E-state index is 0.113. The summed E-state index contributed by atoms with van der Waals surface area (Å²) in [6, 6.07) is 9.84. The summed E-state index contributed by atoms with van der Waals surface area (Å²) in [6.45, 7) is 0. The third-order valence-corrected chi connectivity index (χ3v) is 4.51. The summed E-state index contributed by atoms with van der Waals surface area (Å²) < 4.78 is 1.11. The lowest BCUT2D eigenvalue weighted by molar-refractivity contribution is 0.704. The summed E-state index contributed by atoms with van der Waals surface area (Å²) in [7, 11) is 1.92. The topological polar surface area (TPSA) is 12.0 Å². The van der Waals surface area contributed by atoms with E-state index in [9.17, 15) is 0 Å². The lowest BCUT2D eigenvalue weighted by atomic mass is 10.1. The highest BCUT2D eigenvalue weighted by Crippen LogP contribution is 2.33. The molecule has 0 aliphatic carbocycles. The minimum Gasteiger partial charge on any atom is -0.309 e. The Bertz CT molecular complexity index is 507. The van der Waals surface area contributed by atoms with E-state index in [1.165, 1.54) is 4.88 Å². The van der Waals surface area contributed by atoms with E-state index < -0.39 is 0 Å². The van der Waals surface area contributed by atoms with E-state index in [2.05, 4.69) is 27.3 Å². The second kappa shape index (κ2) is 5.72. The van der Waals surface area contributed by atoms with Crippen LogP contribution >= 0.6 is 50.5 Å². The Labute approximate surface area is 123 Å². The molecule has 2 rings (SSSR count). The van der Waals surface area contributed by atoms with Crippen molar-refractivity contribution in [3.05, 3.63) is 54.6 Å². The number of halogens is 3. The monoisotopic (exact) mass is 349 g/mol. The summed E-state index contributed by atoms with van der Waals surface area (Å²) in [5, 5.41) is 4.59. The van der Waals surface area contributed by atoms with Crippen molar-refractivity contribution in [2.24, 2.45) is 0 Å². The molecule has 0 radical (unpaired) electrons. The lowest BCUT2D eigenvalue weighted by Gasteiger charge is -2.15. The number of hydrogen-bond donors (Lipinski definition) is 1. The van der Waals surface area contributed by atoms with Crippen LogP contribution in [0.2, 0.25) is 10.0 Å². The van der Waals surface area contributed by atoms with Gasteiger partial charge in [-0.1, -0.05) is 23.2 Å². The van der Waals surface area contributed by atoms with E-state index in [0.29, 0.717) is 10.0 Å². The molecule has 1 nitrogen and oxygen atoms in total. The van der Waals surface area contributed by atoms with Crippen molar-refractivity contribution >= 4 is 50.5 Å².